The molecule has 1 aliphatic heterocycles. The summed E-state index contributed by atoms with van der Waals surface area (Å²) < 4.78 is 13.2. The molecule has 6 nitrogen and oxygen atoms in total. The van der Waals surface area contributed by atoms with E-state index in [1.54, 1.807) is 23.2 Å². The quantitative estimate of drug-likeness (QED) is 0.488. The third-order valence-electron chi connectivity index (χ3n) is 5.07. The number of benzene rings is 2. The molecule has 0 unspecified atom stereocenters. The molecule has 1 saturated heterocycles. The molecule has 0 spiro atoms. The van der Waals surface area contributed by atoms with Crippen molar-refractivity contribution in [3.05, 3.63) is 95.1 Å². The maximum absolute atomic E-state index is 13.2. The fourth-order valence-corrected chi connectivity index (χ4v) is 3.42. The molecule has 2 amide bonds. The van der Waals surface area contributed by atoms with E-state index in [-0.39, 0.29) is 17.5 Å². The summed E-state index contributed by atoms with van der Waals surface area (Å²) in [6.45, 7) is 1.11. The maximum atomic E-state index is 13.2. The van der Waals surface area contributed by atoms with Crippen molar-refractivity contribution in [2.75, 3.05) is 17.6 Å². The Labute approximate surface area is 179 Å². The molecule has 1 fully saturated rings. The van der Waals surface area contributed by atoms with E-state index in [0.717, 1.165) is 22.9 Å². The Kier molecular flexibility index (Phi) is 5.75. The summed E-state index contributed by atoms with van der Waals surface area (Å²) in [5, 5.41) is 2.67. The average molecular weight is 416 g/mol. The van der Waals surface area contributed by atoms with Crippen molar-refractivity contribution in [3.8, 4) is 0 Å². The van der Waals surface area contributed by atoms with Crippen LogP contribution in [-0.2, 0) is 11.3 Å². The van der Waals surface area contributed by atoms with Gasteiger partial charge in [-0.2, -0.15) is 0 Å². The molecule has 2 heterocycles. The van der Waals surface area contributed by atoms with Crippen LogP contribution in [0.1, 0.15) is 28.0 Å². The Morgan fingerprint density at radius 3 is 2.68 bits per heavy atom. The van der Waals surface area contributed by atoms with Gasteiger partial charge in [0.1, 0.15) is 5.82 Å². The van der Waals surface area contributed by atoms with Gasteiger partial charge in [0.05, 0.1) is 17.1 Å². The lowest BCUT2D eigenvalue weighted by Gasteiger charge is -2.15. The van der Waals surface area contributed by atoms with E-state index >= 15 is 0 Å². The van der Waals surface area contributed by atoms with E-state index in [4.69, 9.17) is 5.73 Å². The summed E-state index contributed by atoms with van der Waals surface area (Å²) in [7, 11) is 0. The number of aromatic nitrogens is 1. The zero-order valence-electron chi connectivity index (χ0n) is 16.7. The van der Waals surface area contributed by atoms with Crippen LogP contribution in [0.2, 0.25) is 0 Å². The van der Waals surface area contributed by atoms with Crippen LogP contribution in [0, 0.1) is 5.82 Å². The van der Waals surface area contributed by atoms with Crippen molar-refractivity contribution in [2.45, 2.75) is 13.0 Å². The molecule has 31 heavy (non-hydrogen) atoms. The molecule has 1 aromatic heterocycles. The molecule has 3 aromatic rings. The monoisotopic (exact) mass is 416 g/mol. The number of carbonyl (C=O) groups is 2. The van der Waals surface area contributed by atoms with Gasteiger partial charge in [-0.1, -0.05) is 18.2 Å². The van der Waals surface area contributed by atoms with Crippen LogP contribution in [0.3, 0.4) is 0 Å². The molecule has 0 bridgehead atoms. The number of nitrogens with two attached hydrogens (primary N) is 1. The van der Waals surface area contributed by atoms with E-state index in [2.05, 4.69) is 10.3 Å². The average Bonchev–Trinajstić information content (AvgIpc) is 3.10. The van der Waals surface area contributed by atoms with Gasteiger partial charge < -0.3 is 16.0 Å². The summed E-state index contributed by atoms with van der Waals surface area (Å²) >= 11 is 0. The predicted octanol–water partition coefficient (Wildman–Crippen LogP) is 3.87. The van der Waals surface area contributed by atoms with Gasteiger partial charge >= 0.3 is 0 Å². The van der Waals surface area contributed by atoms with Gasteiger partial charge in [-0.05, 0) is 60.5 Å². The highest BCUT2D eigenvalue weighted by Crippen LogP contribution is 2.23. The van der Waals surface area contributed by atoms with E-state index in [9.17, 15) is 14.0 Å². The second kappa shape index (κ2) is 8.79. The number of anilines is 2. The zero-order valence-corrected chi connectivity index (χ0v) is 16.7. The number of carbonyl (C=O) groups excluding carboxylic acids is 2. The fourth-order valence-electron chi connectivity index (χ4n) is 3.42. The molecule has 0 aliphatic carbocycles. The molecule has 1 aliphatic rings. The number of hydrogen-bond acceptors (Lipinski definition) is 4. The van der Waals surface area contributed by atoms with Crippen LogP contribution >= 0.6 is 0 Å². The minimum absolute atomic E-state index is 0.000687. The van der Waals surface area contributed by atoms with E-state index in [1.165, 1.54) is 12.1 Å². The standard InChI is InChI=1S/C24H21FN4O2/c25-19-8-9-22(21(26)14-19)28-23(30)17-6-4-16(5-7-17)15-29-12-10-18(24(29)31)13-20-3-1-2-11-27-20/h1-9,11,13-14H,10,12,15,26H2,(H,28,30)/b18-13+. The SMILES string of the molecule is Nc1cc(F)ccc1NC(=O)c1ccc(CN2CC/C(=C\c3ccccn3)C2=O)cc1. The third-order valence-corrected chi connectivity index (χ3v) is 5.07. The predicted molar refractivity (Wildman–Crippen MR) is 117 cm³/mol. The van der Waals surface area contributed by atoms with E-state index in [0.29, 0.717) is 30.8 Å². The van der Waals surface area contributed by atoms with Crippen LogP contribution < -0.4 is 11.1 Å². The molecule has 0 saturated carbocycles. The van der Waals surface area contributed by atoms with Gasteiger partial charge in [-0.3, -0.25) is 14.6 Å². The third kappa shape index (κ3) is 4.78. The van der Waals surface area contributed by atoms with Crippen molar-refractivity contribution in [2.24, 2.45) is 0 Å². The first-order valence-corrected chi connectivity index (χ1v) is 9.86. The molecule has 3 N–H and O–H groups in total. The number of nitrogen functional groups attached to an aromatic ring is 1. The molecule has 156 valence electrons. The van der Waals surface area contributed by atoms with Crippen LogP contribution in [0.15, 0.2) is 72.4 Å². The van der Waals surface area contributed by atoms with E-state index in [1.807, 2.05) is 36.4 Å². The van der Waals surface area contributed by atoms with Crippen molar-refractivity contribution in [3.63, 3.8) is 0 Å². The Balaban J connectivity index is 1.39. The minimum atomic E-state index is -0.464. The summed E-state index contributed by atoms with van der Waals surface area (Å²) in [4.78, 5) is 31.1. The van der Waals surface area contributed by atoms with E-state index < -0.39 is 5.82 Å². The van der Waals surface area contributed by atoms with Crippen molar-refractivity contribution < 1.29 is 14.0 Å². The summed E-state index contributed by atoms with van der Waals surface area (Å²) in [5.41, 5.74) is 9.12. The normalized spacial score (nSPS) is 14.8. The van der Waals surface area contributed by atoms with Gasteiger partial charge in [0.15, 0.2) is 0 Å². The number of rotatable bonds is 5. The lowest BCUT2D eigenvalue weighted by Crippen LogP contribution is -2.24. The van der Waals surface area contributed by atoms with Crippen molar-refractivity contribution >= 4 is 29.3 Å². The molecule has 0 radical (unpaired) electrons. The van der Waals surface area contributed by atoms with Gasteiger partial charge in [0.2, 0.25) is 5.91 Å². The van der Waals surface area contributed by atoms with Crippen molar-refractivity contribution in [1.82, 2.24) is 9.88 Å². The van der Waals surface area contributed by atoms with Gasteiger partial charge in [-0.25, -0.2) is 4.39 Å². The number of halogens is 1. The number of amides is 2. The Hall–Kier alpha value is -4.00. The van der Waals surface area contributed by atoms with Gasteiger partial charge in [0.25, 0.3) is 5.91 Å². The van der Waals surface area contributed by atoms with Gasteiger partial charge in [-0.15, -0.1) is 0 Å². The van der Waals surface area contributed by atoms with Crippen LogP contribution in [0.4, 0.5) is 15.8 Å². The number of likely N-dealkylation sites (tertiary alicyclic amines) is 1. The summed E-state index contributed by atoms with van der Waals surface area (Å²) in [6.07, 6.45) is 4.21. The van der Waals surface area contributed by atoms with Crippen LogP contribution in [0.5, 0.6) is 0 Å². The summed E-state index contributed by atoms with van der Waals surface area (Å²) in [5.74, 6) is -0.809. The Morgan fingerprint density at radius 1 is 1.16 bits per heavy atom. The fraction of sp³-hybridized carbons (Fsp3) is 0.125. The smallest absolute Gasteiger partial charge is 0.255 e. The topological polar surface area (TPSA) is 88.3 Å². The largest absolute Gasteiger partial charge is 0.397 e. The number of nitrogens with zero attached hydrogens (tertiary/aromatic N) is 2. The Bertz CT molecular complexity index is 1140. The molecule has 2 aromatic carbocycles. The first kappa shape index (κ1) is 20.3. The first-order valence-electron chi connectivity index (χ1n) is 9.86. The highest BCUT2D eigenvalue weighted by Gasteiger charge is 2.25. The zero-order chi connectivity index (χ0) is 21.8. The lowest BCUT2D eigenvalue weighted by molar-refractivity contribution is -0.125. The number of nitrogens with one attached hydrogen (secondary N) is 1. The highest BCUT2D eigenvalue weighted by molar-refractivity contribution is 6.05. The summed E-state index contributed by atoms with van der Waals surface area (Å²) in [6, 6.07) is 16.4. The second-order valence-electron chi connectivity index (χ2n) is 7.28. The Morgan fingerprint density at radius 2 is 1.97 bits per heavy atom. The molecule has 7 heteroatoms. The molecule has 0 atom stereocenters. The van der Waals surface area contributed by atoms with Crippen LogP contribution in [-0.4, -0.2) is 28.2 Å². The van der Waals surface area contributed by atoms with Gasteiger partial charge in [0, 0.05) is 30.4 Å². The first-order chi connectivity index (χ1) is 15.0. The molecular weight excluding hydrogens is 395 g/mol. The van der Waals surface area contributed by atoms with Crippen LogP contribution in [0.25, 0.3) is 6.08 Å². The highest BCUT2D eigenvalue weighted by atomic mass is 19.1. The lowest BCUT2D eigenvalue weighted by atomic mass is 10.1. The second-order valence-corrected chi connectivity index (χ2v) is 7.28. The number of pyridine rings is 1. The minimum Gasteiger partial charge on any atom is -0.397 e. The maximum Gasteiger partial charge on any atom is 0.255 e. The van der Waals surface area contributed by atoms with Crippen molar-refractivity contribution in [1.29, 1.82) is 0 Å². The molecule has 4 rings (SSSR count). The number of hydrogen-bond donors (Lipinski definition) is 2. The molecular formula is C24H21FN4O2.